The van der Waals surface area contributed by atoms with Gasteiger partial charge in [-0.1, -0.05) is 38.1 Å². The molecule has 2 N–H and O–H groups in total. The standard InChI is InChI=1S/C17H17N3O2S/c1-10(2)14(13-8-5-9-23-13)18-17(22)15-11-6-3-4-7-12(11)16(21)20-19-15/h3-10,14H,1-2H3,(H,18,22)(H,20,21)/t14-/m0/s1. The maximum Gasteiger partial charge on any atom is 0.272 e. The number of aromatic amines is 1. The molecule has 1 amide bonds. The topological polar surface area (TPSA) is 74.8 Å². The number of carbonyl (C=O) groups excluding carboxylic acids is 1. The zero-order valence-electron chi connectivity index (χ0n) is 12.9. The summed E-state index contributed by atoms with van der Waals surface area (Å²) in [7, 11) is 0. The van der Waals surface area contributed by atoms with Crippen LogP contribution in [-0.2, 0) is 0 Å². The minimum atomic E-state index is -0.296. The van der Waals surface area contributed by atoms with Crippen molar-refractivity contribution in [1.82, 2.24) is 15.5 Å². The van der Waals surface area contributed by atoms with E-state index in [-0.39, 0.29) is 29.1 Å². The number of fused-ring (bicyclic) bond motifs is 1. The summed E-state index contributed by atoms with van der Waals surface area (Å²) in [5.74, 6) is -0.0452. The molecule has 1 atom stereocenters. The summed E-state index contributed by atoms with van der Waals surface area (Å²) >= 11 is 1.61. The lowest BCUT2D eigenvalue weighted by molar-refractivity contribution is 0.0922. The number of thiophene rings is 1. The molecule has 0 fully saturated rings. The Labute approximate surface area is 137 Å². The van der Waals surface area contributed by atoms with Gasteiger partial charge in [-0.15, -0.1) is 11.3 Å². The second-order valence-corrected chi connectivity index (χ2v) is 6.64. The fourth-order valence-electron chi connectivity index (χ4n) is 2.53. The zero-order valence-corrected chi connectivity index (χ0v) is 13.7. The number of nitrogens with zero attached hydrogens (tertiary/aromatic N) is 1. The third kappa shape index (κ3) is 3.03. The van der Waals surface area contributed by atoms with E-state index in [1.807, 2.05) is 17.5 Å². The second kappa shape index (κ2) is 6.34. The molecule has 0 radical (unpaired) electrons. The van der Waals surface area contributed by atoms with E-state index in [4.69, 9.17) is 0 Å². The Morgan fingerprint density at radius 2 is 1.91 bits per heavy atom. The van der Waals surface area contributed by atoms with E-state index in [9.17, 15) is 9.59 Å². The van der Waals surface area contributed by atoms with Gasteiger partial charge in [0.05, 0.1) is 11.4 Å². The van der Waals surface area contributed by atoms with Gasteiger partial charge in [0.1, 0.15) is 0 Å². The Kier molecular flexibility index (Phi) is 4.25. The molecule has 1 aromatic carbocycles. The number of aromatic nitrogens is 2. The Morgan fingerprint density at radius 1 is 1.17 bits per heavy atom. The molecule has 2 heterocycles. The van der Waals surface area contributed by atoms with Crippen LogP contribution in [0.4, 0.5) is 0 Å². The quantitative estimate of drug-likeness (QED) is 0.773. The SMILES string of the molecule is CC(C)[C@H](NC(=O)c1n[nH]c(=O)c2ccccc12)c1cccs1. The van der Waals surface area contributed by atoms with Gasteiger partial charge in [-0.2, -0.15) is 5.10 Å². The van der Waals surface area contributed by atoms with Crippen LogP contribution >= 0.6 is 11.3 Å². The molecule has 0 bridgehead atoms. The molecule has 2 aromatic heterocycles. The number of benzene rings is 1. The average molecular weight is 327 g/mol. The van der Waals surface area contributed by atoms with Crippen LogP contribution in [0.25, 0.3) is 10.8 Å². The number of amides is 1. The highest BCUT2D eigenvalue weighted by molar-refractivity contribution is 7.10. The molecule has 23 heavy (non-hydrogen) atoms. The van der Waals surface area contributed by atoms with Gasteiger partial charge < -0.3 is 5.32 Å². The van der Waals surface area contributed by atoms with Crippen LogP contribution in [0.3, 0.4) is 0 Å². The Hall–Kier alpha value is -2.47. The molecule has 5 nitrogen and oxygen atoms in total. The van der Waals surface area contributed by atoms with Crippen molar-refractivity contribution < 1.29 is 4.79 Å². The van der Waals surface area contributed by atoms with Gasteiger partial charge in [0, 0.05) is 10.3 Å². The Balaban J connectivity index is 1.98. The molecule has 0 aliphatic heterocycles. The van der Waals surface area contributed by atoms with Crippen LogP contribution < -0.4 is 10.9 Å². The molecular formula is C17H17N3O2S. The van der Waals surface area contributed by atoms with E-state index in [2.05, 4.69) is 29.4 Å². The maximum absolute atomic E-state index is 12.7. The van der Waals surface area contributed by atoms with Crippen LogP contribution in [0.5, 0.6) is 0 Å². The summed E-state index contributed by atoms with van der Waals surface area (Å²) in [6, 6.07) is 10.9. The van der Waals surface area contributed by atoms with E-state index in [0.29, 0.717) is 10.8 Å². The smallest absolute Gasteiger partial charge is 0.272 e. The largest absolute Gasteiger partial charge is 0.343 e. The van der Waals surface area contributed by atoms with Crippen molar-refractivity contribution >= 4 is 28.0 Å². The molecule has 3 aromatic rings. The normalized spacial score (nSPS) is 12.5. The number of carbonyl (C=O) groups is 1. The number of H-pyrrole nitrogens is 1. The second-order valence-electron chi connectivity index (χ2n) is 5.66. The number of rotatable bonds is 4. The van der Waals surface area contributed by atoms with Crippen LogP contribution in [0, 0.1) is 5.92 Å². The van der Waals surface area contributed by atoms with Crippen molar-refractivity contribution in [2.75, 3.05) is 0 Å². The van der Waals surface area contributed by atoms with Gasteiger partial charge in [-0.05, 0) is 23.4 Å². The fraction of sp³-hybridized carbons (Fsp3) is 0.235. The highest BCUT2D eigenvalue weighted by atomic mass is 32.1. The first-order chi connectivity index (χ1) is 11.1. The predicted molar refractivity (Wildman–Crippen MR) is 91.7 cm³/mol. The van der Waals surface area contributed by atoms with Crippen molar-refractivity contribution in [1.29, 1.82) is 0 Å². The number of hydrogen-bond donors (Lipinski definition) is 2. The number of nitrogens with one attached hydrogen (secondary N) is 2. The third-order valence-electron chi connectivity index (χ3n) is 3.71. The summed E-state index contributed by atoms with van der Waals surface area (Å²) in [5, 5.41) is 12.4. The van der Waals surface area contributed by atoms with Crippen molar-refractivity contribution in [3.05, 3.63) is 62.7 Å². The Morgan fingerprint density at radius 3 is 2.57 bits per heavy atom. The Bertz CT molecular complexity index is 884. The molecule has 0 spiro atoms. The molecule has 6 heteroatoms. The fourth-order valence-corrected chi connectivity index (χ4v) is 3.48. The molecule has 0 saturated heterocycles. The predicted octanol–water partition coefficient (Wildman–Crippen LogP) is 3.11. The summed E-state index contributed by atoms with van der Waals surface area (Å²) < 4.78 is 0. The van der Waals surface area contributed by atoms with Gasteiger partial charge in [-0.3, -0.25) is 9.59 Å². The van der Waals surface area contributed by atoms with Crippen molar-refractivity contribution in [2.24, 2.45) is 5.92 Å². The van der Waals surface area contributed by atoms with Crippen molar-refractivity contribution in [3.8, 4) is 0 Å². The third-order valence-corrected chi connectivity index (χ3v) is 4.67. The maximum atomic E-state index is 12.7. The first-order valence-corrected chi connectivity index (χ1v) is 8.27. The van der Waals surface area contributed by atoms with E-state index < -0.39 is 0 Å². The first-order valence-electron chi connectivity index (χ1n) is 7.39. The van der Waals surface area contributed by atoms with Crippen LogP contribution in [0.1, 0.15) is 35.3 Å². The first kappa shape index (κ1) is 15.4. The summed E-state index contributed by atoms with van der Waals surface area (Å²) in [5.41, 5.74) is -0.0572. The molecule has 3 rings (SSSR count). The van der Waals surface area contributed by atoms with Gasteiger partial charge in [0.15, 0.2) is 5.69 Å². The van der Waals surface area contributed by atoms with E-state index in [0.717, 1.165) is 4.88 Å². The summed E-state index contributed by atoms with van der Waals surface area (Å²) in [4.78, 5) is 25.6. The van der Waals surface area contributed by atoms with Gasteiger partial charge in [0.2, 0.25) is 0 Å². The monoisotopic (exact) mass is 327 g/mol. The van der Waals surface area contributed by atoms with Crippen LogP contribution in [0.15, 0.2) is 46.6 Å². The lowest BCUT2D eigenvalue weighted by atomic mass is 10.0. The number of hydrogen-bond acceptors (Lipinski definition) is 4. The highest BCUT2D eigenvalue weighted by Gasteiger charge is 2.22. The highest BCUT2D eigenvalue weighted by Crippen LogP contribution is 2.26. The average Bonchev–Trinajstić information content (AvgIpc) is 3.06. The van der Waals surface area contributed by atoms with Crippen LogP contribution in [0.2, 0.25) is 0 Å². The zero-order chi connectivity index (χ0) is 16.4. The molecule has 118 valence electrons. The molecule has 0 saturated carbocycles. The van der Waals surface area contributed by atoms with Crippen molar-refractivity contribution in [2.45, 2.75) is 19.9 Å². The van der Waals surface area contributed by atoms with Crippen LogP contribution in [-0.4, -0.2) is 16.1 Å². The van der Waals surface area contributed by atoms with E-state index >= 15 is 0 Å². The minimum Gasteiger partial charge on any atom is -0.343 e. The van der Waals surface area contributed by atoms with E-state index in [1.54, 1.807) is 35.6 Å². The minimum absolute atomic E-state index is 0.0880. The lowest BCUT2D eigenvalue weighted by Gasteiger charge is -2.21. The summed E-state index contributed by atoms with van der Waals surface area (Å²) in [6.07, 6.45) is 0. The van der Waals surface area contributed by atoms with Crippen molar-refractivity contribution in [3.63, 3.8) is 0 Å². The molecule has 0 aliphatic carbocycles. The summed E-state index contributed by atoms with van der Waals surface area (Å²) in [6.45, 7) is 4.12. The molecule has 0 aliphatic rings. The van der Waals surface area contributed by atoms with Gasteiger partial charge in [-0.25, -0.2) is 5.10 Å². The van der Waals surface area contributed by atoms with E-state index in [1.165, 1.54) is 0 Å². The van der Waals surface area contributed by atoms with Gasteiger partial charge in [0.25, 0.3) is 11.5 Å². The van der Waals surface area contributed by atoms with Gasteiger partial charge >= 0.3 is 0 Å². The lowest BCUT2D eigenvalue weighted by Crippen LogP contribution is -2.32. The molecule has 0 unspecified atom stereocenters. The molecular weight excluding hydrogens is 310 g/mol.